The second-order valence-electron chi connectivity index (χ2n) is 5.50. The van der Waals surface area contributed by atoms with Crippen LogP contribution in [0.5, 0.6) is 0 Å². The van der Waals surface area contributed by atoms with Crippen molar-refractivity contribution in [1.29, 1.82) is 0 Å². The number of nitrogens with zero attached hydrogens (tertiary/aromatic N) is 2. The molecule has 2 aromatic heterocycles. The zero-order chi connectivity index (χ0) is 16.1. The maximum absolute atomic E-state index is 11.7. The molecule has 3 heterocycles. The van der Waals surface area contributed by atoms with Crippen molar-refractivity contribution in [2.75, 3.05) is 19.7 Å². The van der Waals surface area contributed by atoms with E-state index in [-0.39, 0.29) is 6.09 Å². The van der Waals surface area contributed by atoms with Gasteiger partial charge in [0.15, 0.2) is 5.76 Å². The summed E-state index contributed by atoms with van der Waals surface area (Å²) < 4.78 is 15.6. The molecule has 0 aliphatic carbocycles. The first-order valence-electron chi connectivity index (χ1n) is 7.91. The predicted octanol–water partition coefficient (Wildman–Crippen LogP) is 2.65. The first kappa shape index (κ1) is 15.6. The molecule has 3 rings (SSSR count). The molecular weight excluding hydrogens is 298 g/mol. The number of piperidine rings is 1. The number of nitrogens with one attached hydrogen (secondary N) is 1. The summed E-state index contributed by atoms with van der Waals surface area (Å²) in [6, 6.07) is 5.89. The maximum atomic E-state index is 11.7. The number of hydrogen-bond acceptors (Lipinski definition) is 6. The van der Waals surface area contributed by atoms with E-state index < -0.39 is 0 Å². The number of aromatic nitrogens is 1. The molecule has 1 N–H and O–H groups in total. The Labute approximate surface area is 134 Å². The molecule has 1 fully saturated rings. The van der Waals surface area contributed by atoms with Crippen LogP contribution in [-0.2, 0) is 11.3 Å². The highest BCUT2D eigenvalue weighted by atomic mass is 16.6. The second kappa shape index (κ2) is 7.32. The Kier molecular flexibility index (Phi) is 4.97. The monoisotopic (exact) mass is 319 g/mol. The van der Waals surface area contributed by atoms with Crippen LogP contribution in [0.3, 0.4) is 0 Å². The van der Waals surface area contributed by atoms with E-state index in [1.807, 2.05) is 25.1 Å². The van der Waals surface area contributed by atoms with Gasteiger partial charge in [-0.2, -0.15) is 0 Å². The molecule has 0 spiro atoms. The van der Waals surface area contributed by atoms with Gasteiger partial charge in [0.05, 0.1) is 18.6 Å². The van der Waals surface area contributed by atoms with Gasteiger partial charge in [0.25, 0.3) is 0 Å². The van der Waals surface area contributed by atoms with Crippen molar-refractivity contribution >= 4 is 6.09 Å². The predicted molar refractivity (Wildman–Crippen MR) is 82.7 cm³/mol. The molecule has 23 heavy (non-hydrogen) atoms. The van der Waals surface area contributed by atoms with Gasteiger partial charge >= 0.3 is 6.09 Å². The Hall–Kier alpha value is -2.28. The summed E-state index contributed by atoms with van der Waals surface area (Å²) in [6.07, 6.45) is 3.20. The molecule has 0 atom stereocenters. The van der Waals surface area contributed by atoms with Crippen LogP contribution < -0.4 is 5.32 Å². The fourth-order valence-corrected chi connectivity index (χ4v) is 2.66. The summed E-state index contributed by atoms with van der Waals surface area (Å²) in [5, 5.41) is 7.50. The molecule has 0 aromatic carbocycles. The van der Waals surface area contributed by atoms with Gasteiger partial charge < -0.3 is 23.9 Å². The van der Waals surface area contributed by atoms with Crippen molar-refractivity contribution in [3.63, 3.8) is 0 Å². The van der Waals surface area contributed by atoms with Gasteiger partial charge in [-0.3, -0.25) is 0 Å². The molecule has 7 heteroatoms. The van der Waals surface area contributed by atoms with E-state index in [1.165, 1.54) is 0 Å². The maximum Gasteiger partial charge on any atom is 0.409 e. The zero-order valence-corrected chi connectivity index (χ0v) is 13.2. The van der Waals surface area contributed by atoms with E-state index in [9.17, 15) is 4.79 Å². The highest BCUT2D eigenvalue weighted by Gasteiger charge is 2.23. The fourth-order valence-electron chi connectivity index (χ4n) is 2.66. The molecule has 2 aromatic rings. The molecule has 0 unspecified atom stereocenters. The Morgan fingerprint density at radius 3 is 2.96 bits per heavy atom. The number of amides is 1. The Morgan fingerprint density at radius 2 is 2.26 bits per heavy atom. The number of carbonyl (C=O) groups is 1. The minimum absolute atomic E-state index is 0.217. The van der Waals surface area contributed by atoms with Crippen LogP contribution in [0.2, 0.25) is 0 Å². The van der Waals surface area contributed by atoms with E-state index in [1.54, 1.807) is 11.2 Å². The van der Waals surface area contributed by atoms with Crippen LogP contribution in [0.4, 0.5) is 4.79 Å². The van der Waals surface area contributed by atoms with Crippen molar-refractivity contribution < 1.29 is 18.5 Å². The molecule has 0 saturated carbocycles. The Bertz CT molecular complexity index is 615. The molecule has 1 amide bonds. The minimum Gasteiger partial charge on any atom is -0.461 e. The number of rotatable bonds is 5. The summed E-state index contributed by atoms with van der Waals surface area (Å²) >= 11 is 0. The van der Waals surface area contributed by atoms with Crippen molar-refractivity contribution in [1.82, 2.24) is 15.4 Å². The number of hydrogen-bond donors (Lipinski definition) is 1. The summed E-state index contributed by atoms with van der Waals surface area (Å²) in [4.78, 5) is 13.4. The summed E-state index contributed by atoms with van der Waals surface area (Å²) in [6.45, 7) is 4.30. The van der Waals surface area contributed by atoms with Gasteiger partial charge in [0, 0.05) is 31.7 Å². The van der Waals surface area contributed by atoms with Crippen molar-refractivity contribution in [2.45, 2.75) is 32.4 Å². The lowest BCUT2D eigenvalue weighted by atomic mass is 10.1. The minimum atomic E-state index is -0.217. The van der Waals surface area contributed by atoms with Crippen molar-refractivity contribution in [3.05, 3.63) is 30.2 Å². The Morgan fingerprint density at radius 1 is 1.43 bits per heavy atom. The number of furan rings is 1. The van der Waals surface area contributed by atoms with Gasteiger partial charge in [-0.05, 0) is 31.9 Å². The van der Waals surface area contributed by atoms with Gasteiger partial charge in [-0.25, -0.2) is 4.79 Å². The normalized spacial score (nSPS) is 15.8. The van der Waals surface area contributed by atoms with E-state index in [0.717, 1.165) is 18.5 Å². The highest BCUT2D eigenvalue weighted by Crippen LogP contribution is 2.20. The molecule has 1 aliphatic rings. The molecular formula is C16H21N3O4. The average Bonchev–Trinajstić information content (AvgIpc) is 3.25. The van der Waals surface area contributed by atoms with Crippen LogP contribution >= 0.6 is 0 Å². The van der Waals surface area contributed by atoms with Crippen molar-refractivity contribution in [2.24, 2.45) is 0 Å². The van der Waals surface area contributed by atoms with Crippen molar-refractivity contribution in [3.8, 4) is 11.5 Å². The third-order valence-corrected chi connectivity index (χ3v) is 3.92. The van der Waals surface area contributed by atoms with E-state index in [4.69, 9.17) is 13.7 Å². The number of ether oxygens (including phenoxy) is 1. The van der Waals surface area contributed by atoms with Gasteiger partial charge in [0.1, 0.15) is 0 Å². The number of carbonyl (C=O) groups excluding carboxylic acids is 1. The molecule has 0 bridgehead atoms. The third-order valence-electron chi connectivity index (χ3n) is 3.92. The molecule has 124 valence electrons. The average molecular weight is 319 g/mol. The largest absolute Gasteiger partial charge is 0.461 e. The van der Waals surface area contributed by atoms with Gasteiger partial charge in [-0.1, -0.05) is 5.16 Å². The number of likely N-dealkylation sites (tertiary alicyclic amines) is 1. The van der Waals surface area contributed by atoms with E-state index in [0.29, 0.717) is 43.8 Å². The SMILES string of the molecule is CCOC(=O)N1CCC(NCc2cc(-c3ccco3)on2)CC1. The summed E-state index contributed by atoms with van der Waals surface area (Å²) in [5.74, 6) is 1.30. The second-order valence-corrected chi connectivity index (χ2v) is 5.50. The quantitative estimate of drug-likeness (QED) is 0.912. The zero-order valence-electron chi connectivity index (χ0n) is 13.2. The topological polar surface area (TPSA) is 80.7 Å². The first-order valence-corrected chi connectivity index (χ1v) is 7.91. The first-order chi connectivity index (χ1) is 11.3. The molecule has 1 saturated heterocycles. The summed E-state index contributed by atoms with van der Waals surface area (Å²) in [5.41, 5.74) is 0.837. The fraction of sp³-hybridized carbons (Fsp3) is 0.500. The van der Waals surface area contributed by atoms with E-state index >= 15 is 0 Å². The van der Waals surface area contributed by atoms with E-state index in [2.05, 4.69) is 10.5 Å². The molecule has 1 aliphatic heterocycles. The third kappa shape index (κ3) is 3.92. The summed E-state index contributed by atoms with van der Waals surface area (Å²) in [7, 11) is 0. The van der Waals surface area contributed by atoms with Crippen LogP contribution in [0.15, 0.2) is 33.4 Å². The van der Waals surface area contributed by atoms with Crippen LogP contribution in [0.25, 0.3) is 11.5 Å². The lowest BCUT2D eigenvalue weighted by Crippen LogP contribution is -2.44. The molecule has 7 nitrogen and oxygen atoms in total. The molecule has 0 radical (unpaired) electrons. The van der Waals surface area contributed by atoms with Crippen LogP contribution in [0, 0.1) is 0 Å². The lowest BCUT2D eigenvalue weighted by molar-refractivity contribution is 0.0949. The highest BCUT2D eigenvalue weighted by molar-refractivity contribution is 5.67. The van der Waals surface area contributed by atoms with Crippen LogP contribution in [-0.4, -0.2) is 41.9 Å². The van der Waals surface area contributed by atoms with Gasteiger partial charge in [0.2, 0.25) is 5.76 Å². The standard InChI is InChI=1S/C16H21N3O4/c1-2-21-16(20)19-7-5-12(6-8-19)17-11-13-10-15(23-18-13)14-4-3-9-22-14/h3-4,9-10,12,17H,2,5-8,11H2,1H3. The Balaban J connectivity index is 1.44. The lowest BCUT2D eigenvalue weighted by Gasteiger charge is -2.31. The van der Waals surface area contributed by atoms with Gasteiger partial charge in [-0.15, -0.1) is 0 Å². The van der Waals surface area contributed by atoms with Crippen LogP contribution in [0.1, 0.15) is 25.5 Å². The smallest absolute Gasteiger partial charge is 0.409 e.